The monoisotopic (exact) mass is 628 g/mol. The molecular weight excluding hydrogens is 586 g/mol. The van der Waals surface area contributed by atoms with Gasteiger partial charge in [0.05, 0.1) is 17.3 Å². The van der Waals surface area contributed by atoms with Crippen LogP contribution in [0.2, 0.25) is 0 Å². The van der Waals surface area contributed by atoms with Gasteiger partial charge in [-0.05, 0) is 83.0 Å². The highest BCUT2D eigenvalue weighted by atomic mass is 19.4. The van der Waals surface area contributed by atoms with Gasteiger partial charge in [-0.2, -0.15) is 26.3 Å². The van der Waals surface area contributed by atoms with Crippen LogP contribution < -0.4 is 0 Å². The molecule has 1 N–H and O–H groups in total. The summed E-state index contributed by atoms with van der Waals surface area (Å²) in [6.07, 6.45) is -9.96. The van der Waals surface area contributed by atoms with Crippen molar-refractivity contribution in [3.63, 3.8) is 0 Å². The average molecular weight is 629 g/mol. The van der Waals surface area contributed by atoms with Crippen LogP contribution in [0.4, 0.5) is 26.3 Å². The normalized spacial score (nSPS) is 35.3. The first-order chi connectivity index (χ1) is 19.7. The second kappa shape index (κ2) is 11.7. The van der Waals surface area contributed by atoms with E-state index in [2.05, 4.69) is 0 Å². The molecule has 1 heterocycles. The lowest BCUT2D eigenvalue weighted by Crippen LogP contribution is -2.58. The third-order valence-corrected chi connectivity index (χ3v) is 10.8. The number of rotatable bonds is 8. The number of aliphatic hydroxyl groups is 1. The fourth-order valence-electron chi connectivity index (χ4n) is 7.49. The van der Waals surface area contributed by atoms with Crippen molar-refractivity contribution in [3.05, 3.63) is 0 Å². The van der Waals surface area contributed by atoms with Crippen LogP contribution in [0.15, 0.2) is 0 Å². The Bertz CT molecular complexity index is 1060. The number of ether oxygens (including phenoxy) is 3. The van der Waals surface area contributed by atoms with E-state index in [1.54, 1.807) is 20.8 Å². The van der Waals surface area contributed by atoms with Crippen LogP contribution >= 0.6 is 0 Å². The summed E-state index contributed by atoms with van der Waals surface area (Å²) in [4.78, 5) is 35.6. The molecule has 10 unspecified atom stereocenters. The molecule has 4 aliphatic carbocycles. The maximum Gasteiger partial charge on any atom is 0.426 e. The quantitative estimate of drug-likeness (QED) is 0.196. The summed E-state index contributed by atoms with van der Waals surface area (Å²) in [5.41, 5.74) is -5.51. The van der Waals surface area contributed by atoms with Gasteiger partial charge in [0, 0.05) is 11.8 Å². The summed E-state index contributed by atoms with van der Waals surface area (Å²) < 4.78 is 94.0. The predicted octanol–water partition coefficient (Wildman–Crippen LogP) is 6.15. The Morgan fingerprint density at radius 1 is 0.953 bits per heavy atom. The van der Waals surface area contributed by atoms with Gasteiger partial charge in [-0.3, -0.25) is 14.4 Å². The van der Waals surface area contributed by atoms with Crippen LogP contribution in [0, 0.1) is 46.8 Å². The molecule has 4 saturated carbocycles. The lowest BCUT2D eigenvalue weighted by atomic mass is 9.78. The molecule has 0 aromatic carbocycles. The third-order valence-electron chi connectivity index (χ3n) is 10.8. The van der Waals surface area contributed by atoms with E-state index >= 15 is 0 Å². The van der Waals surface area contributed by atoms with E-state index in [0.717, 1.165) is 19.3 Å². The number of carbonyl (C=O) groups excluding carboxylic acids is 3. The highest BCUT2D eigenvalue weighted by Crippen LogP contribution is 2.57. The summed E-state index contributed by atoms with van der Waals surface area (Å²) in [6.45, 7) is 8.98. The fourth-order valence-corrected chi connectivity index (χ4v) is 7.49. The number of hydrogen-bond acceptors (Lipinski definition) is 7. The van der Waals surface area contributed by atoms with Crippen molar-refractivity contribution in [2.24, 2.45) is 46.8 Å². The Kier molecular flexibility index (Phi) is 9.21. The molecule has 10 atom stereocenters. The van der Waals surface area contributed by atoms with E-state index in [4.69, 9.17) is 14.2 Å². The minimum absolute atomic E-state index is 0.0676. The molecule has 0 spiro atoms. The number of esters is 3. The van der Waals surface area contributed by atoms with Gasteiger partial charge in [-0.15, -0.1) is 0 Å². The molecule has 43 heavy (non-hydrogen) atoms. The van der Waals surface area contributed by atoms with Crippen LogP contribution in [0.25, 0.3) is 0 Å². The molecule has 5 fully saturated rings. The van der Waals surface area contributed by atoms with E-state index < -0.39 is 53.7 Å². The third kappa shape index (κ3) is 6.25. The summed E-state index contributed by atoms with van der Waals surface area (Å²) in [6, 6.07) is 0. The first-order valence-electron chi connectivity index (χ1n) is 15.2. The summed E-state index contributed by atoms with van der Waals surface area (Å²) in [7, 11) is 0. The van der Waals surface area contributed by atoms with Crippen LogP contribution in [0.5, 0.6) is 0 Å². The Morgan fingerprint density at radius 3 is 2.12 bits per heavy atom. The van der Waals surface area contributed by atoms with Gasteiger partial charge in [-0.25, -0.2) is 0 Å². The number of carbonyl (C=O) groups is 3. The van der Waals surface area contributed by atoms with Crippen LogP contribution in [0.1, 0.15) is 86.0 Å². The van der Waals surface area contributed by atoms with E-state index in [0.29, 0.717) is 31.1 Å². The summed E-state index contributed by atoms with van der Waals surface area (Å²) in [5, 5.41) is 9.45. The maximum atomic E-state index is 12.9. The zero-order valence-electron chi connectivity index (χ0n) is 25.1. The maximum absolute atomic E-state index is 12.9. The molecule has 13 heteroatoms. The molecule has 5 rings (SSSR count). The molecule has 7 nitrogen and oxygen atoms in total. The topological polar surface area (TPSA) is 99.1 Å². The molecule has 1 aliphatic heterocycles. The van der Waals surface area contributed by atoms with E-state index in [1.165, 1.54) is 0 Å². The SMILES string of the molecule is CCC(C)(C)C(=O)OC1CC2CC(CC(O)(C(F)(F)F)C(F)(F)F)C1C2.CCC(C)C(=O)OC1C2CC3C(=O)OC1C3C2. The molecule has 246 valence electrons. The molecule has 1 saturated heterocycles. The van der Waals surface area contributed by atoms with Crippen molar-refractivity contribution >= 4 is 17.9 Å². The van der Waals surface area contributed by atoms with Crippen molar-refractivity contribution in [1.29, 1.82) is 0 Å². The zero-order chi connectivity index (χ0) is 32.3. The van der Waals surface area contributed by atoms with Gasteiger partial charge in [0.25, 0.3) is 5.60 Å². The van der Waals surface area contributed by atoms with Gasteiger partial charge >= 0.3 is 30.3 Å². The van der Waals surface area contributed by atoms with Crippen LogP contribution in [-0.2, 0) is 28.6 Å². The first kappa shape index (κ1) is 33.8. The van der Waals surface area contributed by atoms with Gasteiger partial charge in [-0.1, -0.05) is 20.8 Å². The fraction of sp³-hybridized carbons (Fsp3) is 0.900. The largest absolute Gasteiger partial charge is 0.462 e. The summed E-state index contributed by atoms with van der Waals surface area (Å²) in [5.74, 6) is -1.73. The smallest absolute Gasteiger partial charge is 0.426 e. The lowest BCUT2D eigenvalue weighted by Gasteiger charge is -2.38. The molecule has 0 amide bonds. The highest BCUT2D eigenvalue weighted by molar-refractivity contribution is 5.77. The number of hydrogen-bond donors (Lipinski definition) is 1. The molecule has 4 bridgehead atoms. The Labute approximate surface area is 247 Å². The Hall–Kier alpha value is -2.05. The summed E-state index contributed by atoms with van der Waals surface area (Å²) >= 11 is 0. The van der Waals surface area contributed by atoms with Gasteiger partial charge < -0.3 is 19.3 Å². The highest BCUT2D eigenvalue weighted by Gasteiger charge is 2.71. The van der Waals surface area contributed by atoms with Crippen LogP contribution in [0.3, 0.4) is 0 Å². The molecular formula is C30H42F6O7. The minimum Gasteiger partial charge on any atom is -0.462 e. The van der Waals surface area contributed by atoms with E-state index in [9.17, 15) is 45.8 Å². The second-order valence-corrected chi connectivity index (χ2v) is 13.9. The molecule has 0 aromatic heterocycles. The molecule has 0 radical (unpaired) electrons. The number of fused-ring (bicyclic) bond motifs is 3. The minimum atomic E-state index is -5.82. The van der Waals surface area contributed by atoms with Gasteiger partial charge in [0.1, 0.15) is 18.3 Å². The first-order valence-corrected chi connectivity index (χ1v) is 15.2. The average Bonchev–Trinajstić information content (AvgIpc) is 3.70. The Balaban J connectivity index is 0.000000213. The van der Waals surface area contributed by atoms with Crippen LogP contribution in [-0.4, -0.2) is 59.3 Å². The van der Waals surface area contributed by atoms with Crippen molar-refractivity contribution in [1.82, 2.24) is 0 Å². The van der Waals surface area contributed by atoms with E-state index in [1.807, 2.05) is 13.8 Å². The standard InChI is InChI=1S/C17H24F6O3.C13H18O4/c1-4-14(2,3)13(24)26-12-7-9-5-10(11(12)6-9)8-15(25,16(18,19)20)17(21,22)23;1-3-6(2)12(14)16-10-7-4-8-9(5-7)13(15)17-11(8)10/h9-12,25H,4-8H2,1-3H3;6-11H,3-5H2,1-2H3. The lowest BCUT2D eigenvalue weighted by molar-refractivity contribution is -0.373. The zero-order valence-corrected chi connectivity index (χ0v) is 25.1. The number of halogens is 6. The van der Waals surface area contributed by atoms with Crippen molar-refractivity contribution in [3.8, 4) is 0 Å². The van der Waals surface area contributed by atoms with Gasteiger partial charge in [0.15, 0.2) is 0 Å². The molecule has 0 aromatic rings. The second-order valence-electron chi connectivity index (χ2n) is 13.9. The van der Waals surface area contributed by atoms with Crippen molar-refractivity contribution in [2.75, 3.05) is 0 Å². The van der Waals surface area contributed by atoms with Gasteiger partial charge in [0.2, 0.25) is 0 Å². The van der Waals surface area contributed by atoms with Crippen molar-refractivity contribution < 1.29 is 60.0 Å². The van der Waals surface area contributed by atoms with Crippen molar-refractivity contribution in [2.45, 2.75) is 122 Å². The molecule has 5 aliphatic rings. The predicted molar refractivity (Wildman–Crippen MR) is 139 cm³/mol. The Morgan fingerprint density at radius 2 is 1.58 bits per heavy atom. The van der Waals surface area contributed by atoms with E-state index in [-0.39, 0.29) is 48.3 Å². The number of alkyl halides is 6.